The average Bonchev–Trinajstić information content (AvgIpc) is 3.47. The predicted molar refractivity (Wildman–Crippen MR) is 353 cm³/mol. The quantitative estimate of drug-likeness (QED) is 0.0261. The van der Waals surface area contributed by atoms with Gasteiger partial charge in [-0.1, -0.05) is 351 Å². The van der Waals surface area contributed by atoms with E-state index in [9.17, 15) is 14.4 Å². The van der Waals surface area contributed by atoms with E-state index in [2.05, 4.69) is 93.7 Å². The molecule has 1 unspecified atom stereocenters. The van der Waals surface area contributed by atoms with Crippen molar-refractivity contribution in [1.82, 2.24) is 0 Å². The molecule has 0 fully saturated rings. The van der Waals surface area contributed by atoms with Crippen LogP contribution in [0.3, 0.4) is 0 Å². The minimum Gasteiger partial charge on any atom is -0.462 e. The molecule has 0 aliphatic carbocycles. The van der Waals surface area contributed by atoms with Crippen molar-refractivity contribution < 1.29 is 28.6 Å². The highest BCUT2D eigenvalue weighted by atomic mass is 16.6. The fourth-order valence-electron chi connectivity index (χ4n) is 10.5. The Morgan fingerprint density at radius 3 is 0.753 bits per heavy atom. The first kappa shape index (κ1) is 77.9. The molecule has 0 rings (SSSR count). The zero-order valence-corrected chi connectivity index (χ0v) is 54.1. The van der Waals surface area contributed by atoms with Crippen molar-refractivity contribution in [2.45, 2.75) is 374 Å². The largest absolute Gasteiger partial charge is 0.462 e. The third-order valence-corrected chi connectivity index (χ3v) is 15.7. The van der Waals surface area contributed by atoms with Crippen molar-refractivity contribution in [1.29, 1.82) is 0 Å². The van der Waals surface area contributed by atoms with Crippen molar-refractivity contribution in [3.63, 3.8) is 0 Å². The van der Waals surface area contributed by atoms with Gasteiger partial charge in [-0.25, -0.2) is 0 Å². The Balaban J connectivity index is 4.37. The zero-order valence-electron chi connectivity index (χ0n) is 54.1. The highest BCUT2D eigenvalue weighted by Crippen LogP contribution is 2.18. The Bertz CT molecular complexity index is 1490. The molecule has 6 heteroatoms. The molecule has 6 nitrogen and oxygen atoms in total. The SMILES string of the molecule is CC/C=C\C/C=C\C/C=C\C/C=C\C/C=C\C/C=C\CCCCCCC(=O)OCC(COC(=O)CCCCCCCCCCCCCCCCCCC)OC(=O)CCCCCCCCCCCCCCCCCCCCCCCCC. The maximum Gasteiger partial charge on any atom is 0.306 e. The van der Waals surface area contributed by atoms with Crippen molar-refractivity contribution in [3.05, 3.63) is 72.9 Å². The summed E-state index contributed by atoms with van der Waals surface area (Å²) >= 11 is 0. The number of hydrogen-bond acceptors (Lipinski definition) is 6. The number of hydrogen-bond donors (Lipinski definition) is 0. The van der Waals surface area contributed by atoms with E-state index in [1.165, 1.54) is 218 Å². The van der Waals surface area contributed by atoms with Gasteiger partial charge in [0.05, 0.1) is 0 Å². The molecule has 0 aromatic heterocycles. The second-order valence-corrected chi connectivity index (χ2v) is 23.8. The molecule has 1 atom stereocenters. The summed E-state index contributed by atoms with van der Waals surface area (Å²) in [4.78, 5) is 38.5. The van der Waals surface area contributed by atoms with Crippen LogP contribution in [0.25, 0.3) is 0 Å². The number of ether oxygens (including phenoxy) is 3. The van der Waals surface area contributed by atoms with Crippen molar-refractivity contribution in [2.75, 3.05) is 13.2 Å². The first-order valence-electron chi connectivity index (χ1n) is 35.4. The van der Waals surface area contributed by atoms with Gasteiger partial charge in [-0.15, -0.1) is 0 Å². The van der Waals surface area contributed by atoms with Crippen LogP contribution in [0.1, 0.15) is 367 Å². The third-order valence-electron chi connectivity index (χ3n) is 15.7. The van der Waals surface area contributed by atoms with E-state index in [0.717, 1.165) is 109 Å². The molecule has 0 aliphatic rings. The van der Waals surface area contributed by atoms with Crippen LogP contribution in [-0.4, -0.2) is 37.2 Å². The summed E-state index contributed by atoms with van der Waals surface area (Å²) in [6.07, 6.45) is 90.7. The Hall–Kier alpha value is -3.15. The molecule has 0 heterocycles. The first-order chi connectivity index (χ1) is 40.0. The van der Waals surface area contributed by atoms with Crippen molar-refractivity contribution >= 4 is 17.9 Å². The molecular weight excluding hydrogens is 997 g/mol. The molecule has 0 bridgehead atoms. The molecule has 470 valence electrons. The van der Waals surface area contributed by atoms with Crippen LogP contribution < -0.4 is 0 Å². The standard InChI is InChI=1S/C75H134O6/c1-4-7-10-13-16-19-22-25-28-31-33-35-37-39-41-44-47-50-53-56-59-62-65-68-74(77)80-71-72(70-79-73(76)67-64-61-58-55-52-49-46-43-30-27-24-21-18-15-12-9-6-3)81-75(78)69-66-63-60-57-54-51-48-45-42-40-38-36-34-32-29-26-23-20-17-14-11-8-5-2/h7,10,16,19,25,28,33,35,39,41,47,50,72H,4-6,8-9,11-15,17-18,20-24,26-27,29-32,34,36-38,40,42-46,48-49,51-71H2,1-3H3/b10-7-,19-16-,28-25-,35-33-,41-39-,50-47-. The highest BCUT2D eigenvalue weighted by molar-refractivity contribution is 5.71. The van der Waals surface area contributed by atoms with E-state index < -0.39 is 6.10 Å². The number of unbranched alkanes of at least 4 members (excludes halogenated alkanes) is 42. The van der Waals surface area contributed by atoms with Gasteiger partial charge in [0.2, 0.25) is 0 Å². The lowest BCUT2D eigenvalue weighted by Crippen LogP contribution is -2.30. The van der Waals surface area contributed by atoms with Gasteiger partial charge in [-0.3, -0.25) is 14.4 Å². The summed E-state index contributed by atoms with van der Waals surface area (Å²) < 4.78 is 17.0. The van der Waals surface area contributed by atoms with Crippen molar-refractivity contribution in [3.8, 4) is 0 Å². The molecule has 0 saturated carbocycles. The van der Waals surface area contributed by atoms with E-state index in [0.29, 0.717) is 19.3 Å². The number of carbonyl (C=O) groups excluding carboxylic acids is 3. The van der Waals surface area contributed by atoms with Gasteiger partial charge >= 0.3 is 17.9 Å². The molecule has 0 amide bonds. The number of esters is 3. The summed E-state index contributed by atoms with van der Waals surface area (Å²) in [5, 5.41) is 0. The van der Waals surface area contributed by atoms with E-state index in [-0.39, 0.29) is 31.1 Å². The lowest BCUT2D eigenvalue weighted by molar-refractivity contribution is -0.167. The van der Waals surface area contributed by atoms with Crippen LogP contribution in [0.2, 0.25) is 0 Å². The fraction of sp³-hybridized carbons (Fsp3) is 0.800. The van der Waals surface area contributed by atoms with Crippen molar-refractivity contribution in [2.24, 2.45) is 0 Å². The number of rotatable bonds is 65. The summed E-state index contributed by atoms with van der Waals surface area (Å²) in [5.41, 5.74) is 0. The van der Waals surface area contributed by atoms with Gasteiger partial charge in [0.15, 0.2) is 6.10 Å². The maximum atomic E-state index is 13.0. The van der Waals surface area contributed by atoms with Gasteiger partial charge in [0, 0.05) is 19.3 Å². The van der Waals surface area contributed by atoms with Crippen LogP contribution in [0.15, 0.2) is 72.9 Å². The maximum absolute atomic E-state index is 13.0. The van der Waals surface area contributed by atoms with Crippen LogP contribution in [0.4, 0.5) is 0 Å². The minimum atomic E-state index is -0.785. The third kappa shape index (κ3) is 67.5. The van der Waals surface area contributed by atoms with Crippen LogP contribution in [0.5, 0.6) is 0 Å². The lowest BCUT2D eigenvalue weighted by Gasteiger charge is -2.18. The Morgan fingerprint density at radius 2 is 0.481 bits per heavy atom. The Morgan fingerprint density at radius 1 is 0.259 bits per heavy atom. The normalized spacial score (nSPS) is 12.5. The molecular formula is C75H134O6. The first-order valence-corrected chi connectivity index (χ1v) is 35.4. The summed E-state index contributed by atoms with van der Waals surface area (Å²) in [6, 6.07) is 0. The topological polar surface area (TPSA) is 78.9 Å². The highest BCUT2D eigenvalue weighted by Gasteiger charge is 2.19. The average molecular weight is 1130 g/mol. The van der Waals surface area contributed by atoms with E-state index in [1.807, 2.05) is 0 Å². The molecule has 0 aliphatic heterocycles. The van der Waals surface area contributed by atoms with Gasteiger partial charge < -0.3 is 14.2 Å². The summed E-state index contributed by atoms with van der Waals surface area (Å²) in [7, 11) is 0. The smallest absolute Gasteiger partial charge is 0.306 e. The van der Waals surface area contributed by atoms with E-state index in [4.69, 9.17) is 14.2 Å². The Labute approximate surface area is 503 Å². The van der Waals surface area contributed by atoms with E-state index >= 15 is 0 Å². The molecule has 0 N–H and O–H groups in total. The Kier molecular flexibility index (Phi) is 66.6. The van der Waals surface area contributed by atoms with Gasteiger partial charge in [-0.2, -0.15) is 0 Å². The lowest BCUT2D eigenvalue weighted by atomic mass is 10.0. The molecule has 0 aromatic rings. The molecule has 0 spiro atoms. The second kappa shape index (κ2) is 69.3. The monoisotopic (exact) mass is 1130 g/mol. The van der Waals surface area contributed by atoms with Gasteiger partial charge in [0.1, 0.15) is 13.2 Å². The second-order valence-electron chi connectivity index (χ2n) is 23.8. The number of allylic oxidation sites excluding steroid dienone is 12. The summed E-state index contributed by atoms with van der Waals surface area (Å²) in [5.74, 6) is -0.879. The molecule has 0 aromatic carbocycles. The van der Waals surface area contributed by atoms with Crippen LogP contribution in [-0.2, 0) is 28.6 Å². The molecule has 0 saturated heterocycles. The van der Waals surface area contributed by atoms with Crippen LogP contribution >= 0.6 is 0 Å². The number of carbonyl (C=O) groups is 3. The zero-order chi connectivity index (χ0) is 58.5. The van der Waals surface area contributed by atoms with Crippen LogP contribution in [0, 0.1) is 0 Å². The molecule has 81 heavy (non-hydrogen) atoms. The summed E-state index contributed by atoms with van der Waals surface area (Å²) in [6.45, 7) is 6.57. The molecule has 0 radical (unpaired) electrons. The van der Waals surface area contributed by atoms with E-state index in [1.54, 1.807) is 0 Å². The minimum absolute atomic E-state index is 0.0786. The van der Waals surface area contributed by atoms with Gasteiger partial charge in [-0.05, 0) is 70.6 Å². The van der Waals surface area contributed by atoms with Gasteiger partial charge in [0.25, 0.3) is 0 Å². The predicted octanol–water partition coefficient (Wildman–Crippen LogP) is 24.4. The fourth-order valence-corrected chi connectivity index (χ4v) is 10.5.